The van der Waals surface area contributed by atoms with Gasteiger partial charge in [0.05, 0.1) is 0 Å². The van der Waals surface area contributed by atoms with Crippen molar-refractivity contribution in [2.24, 2.45) is 0 Å². The van der Waals surface area contributed by atoms with E-state index in [1.807, 2.05) is 0 Å². The number of carbonyl (C=O) groups is 1. The summed E-state index contributed by atoms with van der Waals surface area (Å²) >= 11 is 0.885. The summed E-state index contributed by atoms with van der Waals surface area (Å²) in [4.78, 5) is 14.6. The van der Waals surface area contributed by atoms with Crippen molar-refractivity contribution in [3.8, 4) is 0 Å². The third-order valence-electron chi connectivity index (χ3n) is 2.58. The molecule has 0 radical (unpaired) electrons. The maximum atomic E-state index is 12.2. The predicted octanol–water partition coefficient (Wildman–Crippen LogP) is 0.967. The first kappa shape index (κ1) is 15.6. The molecule has 2 aromatic heterocycles. The van der Waals surface area contributed by atoms with Crippen LogP contribution in [0.15, 0.2) is 14.8 Å². The fourth-order valence-electron chi connectivity index (χ4n) is 1.72. The SMILES string of the molecule is Cc1noc(CCNS(=O)(=O)c2c(C)csc2C(=O)O)n1. The molecule has 0 saturated carbocycles. The minimum Gasteiger partial charge on any atom is -0.477 e. The van der Waals surface area contributed by atoms with E-state index in [0.29, 0.717) is 17.3 Å². The third-order valence-corrected chi connectivity index (χ3v) is 5.44. The molecular weight excluding hydrogens is 318 g/mol. The summed E-state index contributed by atoms with van der Waals surface area (Å²) in [7, 11) is -3.90. The van der Waals surface area contributed by atoms with Crippen molar-refractivity contribution < 1.29 is 22.8 Å². The summed E-state index contributed by atoms with van der Waals surface area (Å²) in [5, 5.41) is 14.1. The molecule has 2 N–H and O–H groups in total. The molecule has 114 valence electrons. The lowest BCUT2D eigenvalue weighted by Gasteiger charge is -2.06. The van der Waals surface area contributed by atoms with Gasteiger partial charge in [0.1, 0.15) is 9.77 Å². The van der Waals surface area contributed by atoms with Crippen molar-refractivity contribution >= 4 is 27.3 Å². The van der Waals surface area contributed by atoms with Crippen LogP contribution in [0.4, 0.5) is 0 Å². The molecular formula is C11H13N3O5S2. The smallest absolute Gasteiger partial charge is 0.347 e. The van der Waals surface area contributed by atoms with Crippen LogP contribution < -0.4 is 4.72 Å². The first-order chi connectivity index (χ1) is 9.81. The molecule has 0 unspecified atom stereocenters. The molecule has 0 spiro atoms. The van der Waals surface area contributed by atoms with E-state index >= 15 is 0 Å². The van der Waals surface area contributed by atoms with Gasteiger partial charge in [0.25, 0.3) is 0 Å². The highest BCUT2D eigenvalue weighted by atomic mass is 32.2. The second-order valence-corrected chi connectivity index (χ2v) is 6.85. The molecule has 0 aliphatic heterocycles. The van der Waals surface area contributed by atoms with Gasteiger partial charge >= 0.3 is 5.97 Å². The van der Waals surface area contributed by atoms with Crippen molar-refractivity contribution in [1.29, 1.82) is 0 Å². The van der Waals surface area contributed by atoms with E-state index in [9.17, 15) is 13.2 Å². The number of thiophene rings is 1. The van der Waals surface area contributed by atoms with Crippen LogP contribution in [0.3, 0.4) is 0 Å². The van der Waals surface area contributed by atoms with Gasteiger partial charge in [0, 0.05) is 13.0 Å². The molecule has 2 rings (SSSR count). The Balaban J connectivity index is 2.12. The summed E-state index contributed by atoms with van der Waals surface area (Å²) < 4.78 is 31.6. The first-order valence-corrected chi connectivity index (χ1v) is 8.28. The number of nitrogens with zero attached hydrogens (tertiary/aromatic N) is 2. The molecule has 10 heteroatoms. The second-order valence-electron chi connectivity index (χ2n) is 4.27. The average molecular weight is 331 g/mol. The molecule has 0 aliphatic carbocycles. The van der Waals surface area contributed by atoms with Gasteiger partial charge in [-0.05, 0) is 24.8 Å². The van der Waals surface area contributed by atoms with Gasteiger partial charge < -0.3 is 9.63 Å². The van der Waals surface area contributed by atoms with Crippen molar-refractivity contribution in [3.63, 3.8) is 0 Å². The predicted molar refractivity (Wildman–Crippen MR) is 73.9 cm³/mol. The summed E-state index contributed by atoms with van der Waals surface area (Å²) in [6.45, 7) is 3.25. The number of aromatic nitrogens is 2. The molecule has 0 aliphatic rings. The Kier molecular flexibility index (Phi) is 4.40. The van der Waals surface area contributed by atoms with Crippen LogP contribution in [0.25, 0.3) is 0 Å². The van der Waals surface area contributed by atoms with Gasteiger partial charge in [0.2, 0.25) is 15.9 Å². The van der Waals surface area contributed by atoms with Crippen LogP contribution in [0.1, 0.15) is 27.0 Å². The molecule has 2 heterocycles. The van der Waals surface area contributed by atoms with Crippen molar-refractivity contribution in [3.05, 3.63) is 27.5 Å². The number of carboxylic acids is 1. The summed E-state index contributed by atoms with van der Waals surface area (Å²) in [6, 6.07) is 0. The molecule has 0 amide bonds. The Bertz CT molecular complexity index is 763. The van der Waals surface area contributed by atoms with Gasteiger partial charge in [-0.1, -0.05) is 5.16 Å². The van der Waals surface area contributed by atoms with E-state index in [0.717, 1.165) is 11.3 Å². The van der Waals surface area contributed by atoms with Gasteiger partial charge in [-0.15, -0.1) is 11.3 Å². The van der Waals surface area contributed by atoms with E-state index in [1.165, 1.54) is 5.38 Å². The van der Waals surface area contributed by atoms with Gasteiger partial charge in [-0.25, -0.2) is 17.9 Å². The Morgan fingerprint density at radius 2 is 2.19 bits per heavy atom. The molecule has 0 atom stereocenters. The lowest BCUT2D eigenvalue weighted by molar-refractivity contribution is 0.0698. The van der Waals surface area contributed by atoms with Crippen LogP contribution in [-0.4, -0.2) is 36.2 Å². The van der Waals surface area contributed by atoms with Gasteiger partial charge in [-0.3, -0.25) is 0 Å². The number of aryl methyl sites for hydroxylation is 2. The Labute approximate surface area is 124 Å². The molecule has 2 aromatic rings. The quantitative estimate of drug-likeness (QED) is 0.808. The minimum atomic E-state index is -3.90. The zero-order chi connectivity index (χ0) is 15.6. The molecule has 21 heavy (non-hydrogen) atoms. The standard InChI is InChI=1S/C11H13N3O5S2/c1-6-5-20-9(11(15)16)10(6)21(17,18)12-4-3-8-13-7(2)14-19-8/h5,12H,3-4H2,1-2H3,(H,15,16). The van der Waals surface area contributed by atoms with Crippen LogP contribution >= 0.6 is 11.3 Å². The molecule has 0 aromatic carbocycles. The van der Waals surface area contributed by atoms with Crippen LogP contribution in [0, 0.1) is 13.8 Å². The summed E-state index contributed by atoms with van der Waals surface area (Å²) in [5.74, 6) is -0.480. The largest absolute Gasteiger partial charge is 0.477 e. The molecule has 8 nitrogen and oxygen atoms in total. The number of sulfonamides is 1. The topological polar surface area (TPSA) is 122 Å². The number of nitrogens with one attached hydrogen (secondary N) is 1. The fourth-order valence-corrected chi connectivity index (χ4v) is 4.38. The highest BCUT2D eigenvalue weighted by molar-refractivity contribution is 7.89. The molecule has 0 saturated heterocycles. The van der Waals surface area contributed by atoms with E-state index in [-0.39, 0.29) is 22.7 Å². The van der Waals surface area contributed by atoms with Crippen molar-refractivity contribution in [1.82, 2.24) is 14.9 Å². The highest BCUT2D eigenvalue weighted by Crippen LogP contribution is 2.26. The molecule has 0 bridgehead atoms. The lowest BCUT2D eigenvalue weighted by Crippen LogP contribution is -2.27. The number of aromatic carboxylic acids is 1. The van der Waals surface area contributed by atoms with Gasteiger partial charge in [0.15, 0.2) is 5.82 Å². The van der Waals surface area contributed by atoms with Crippen molar-refractivity contribution in [2.45, 2.75) is 25.2 Å². The zero-order valence-corrected chi connectivity index (χ0v) is 12.9. The number of hydrogen-bond acceptors (Lipinski definition) is 7. The van der Waals surface area contributed by atoms with Crippen LogP contribution in [0.2, 0.25) is 0 Å². The number of hydrogen-bond donors (Lipinski definition) is 2. The summed E-state index contributed by atoms with van der Waals surface area (Å²) in [5.41, 5.74) is 0.401. The van der Waals surface area contributed by atoms with E-state index in [2.05, 4.69) is 14.9 Å². The van der Waals surface area contributed by atoms with E-state index < -0.39 is 16.0 Å². The Morgan fingerprint density at radius 1 is 1.48 bits per heavy atom. The third kappa shape index (κ3) is 3.46. The first-order valence-electron chi connectivity index (χ1n) is 5.91. The minimum absolute atomic E-state index is 0.0400. The highest BCUT2D eigenvalue weighted by Gasteiger charge is 2.26. The van der Waals surface area contributed by atoms with E-state index in [4.69, 9.17) is 9.63 Å². The van der Waals surface area contributed by atoms with Crippen molar-refractivity contribution in [2.75, 3.05) is 6.54 Å². The second kappa shape index (κ2) is 5.92. The molecule has 0 fully saturated rings. The zero-order valence-electron chi connectivity index (χ0n) is 11.3. The monoisotopic (exact) mass is 331 g/mol. The lowest BCUT2D eigenvalue weighted by atomic mass is 10.3. The maximum Gasteiger partial charge on any atom is 0.347 e. The van der Waals surface area contributed by atoms with Crippen LogP contribution in [-0.2, 0) is 16.4 Å². The average Bonchev–Trinajstić information content (AvgIpc) is 2.95. The fraction of sp³-hybridized carbons (Fsp3) is 0.364. The maximum absolute atomic E-state index is 12.2. The number of carboxylic acid groups (broad SMARTS) is 1. The normalized spacial score (nSPS) is 11.7. The van der Waals surface area contributed by atoms with E-state index in [1.54, 1.807) is 13.8 Å². The van der Waals surface area contributed by atoms with Crippen LogP contribution in [0.5, 0.6) is 0 Å². The summed E-state index contributed by atoms with van der Waals surface area (Å²) in [6.07, 6.45) is 0.228. The Hall–Kier alpha value is -1.78. The number of rotatable bonds is 6. The Morgan fingerprint density at radius 3 is 2.76 bits per heavy atom. The van der Waals surface area contributed by atoms with Gasteiger partial charge in [-0.2, -0.15) is 4.98 Å².